The van der Waals surface area contributed by atoms with Crippen LogP contribution in [-0.4, -0.2) is 10.2 Å². The van der Waals surface area contributed by atoms with Crippen LogP contribution in [0, 0.1) is 5.82 Å². The zero-order valence-corrected chi connectivity index (χ0v) is 9.85. The van der Waals surface area contributed by atoms with Crippen molar-refractivity contribution in [2.45, 2.75) is 0 Å². The second-order valence-electron chi connectivity index (χ2n) is 4.36. The second kappa shape index (κ2) is 3.68. The van der Waals surface area contributed by atoms with Crippen molar-refractivity contribution in [3.05, 3.63) is 54.3 Å². The third-order valence-electron chi connectivity index (χ3n) is 3.22. The maximum atomic E-state index is 14.4. The van der Waals surface area contributed by atoms with Gasteiger partial charge in [-0.15, -0.1) is 0 Å². The largest absolute Gasteiger partial charge is 0.451 e. The van der Waals surface area contributed by atoms with E-state index >= 15 is 0 Å². The van der Waals surface area contributed by atoms with Gasteiger partial charge < -0.3 is 4.42 Å². The summed E-state index contributed by atoms with van der Waals surface area (Å²) >= 11 is 0. The van der Waals surface area contributed by atoms with Gasteiger partial charge in [0, 0.05) is 5.39 Å². The third kappa shape index (κ3) is 1.40. The van der Waals surface area contributed by atoms with E-state index in [1.165, 1.54) is 0 Å². The van der Waals surface area contributed by atoms with Crippen LogP contribution in [0.2, 0.25) is 0 Å². The summed E-state index contributed by atoms with van der Waals surface area (Å²) in [6.07, 6.45) is 0. The first kappa shape index (κ1) is 10.3. The van der Waals surface area contributed by atoms with Gasteiger partial charge in [-0.2, -0.15) is 5.10 Å². The van der Waals surface area contributed by atoms with Gasteiger partial charge in [0.25, 0.3) is 0 Å². The van der Waals surface area contributed by atoms with E-state index in [9.17, 15) is 4.39 Å². The number of nitrogens with one attached hydrogen (secondary N) is 1. The number of halogens is 1. The minimum atomic E-state index is -0.368. The highest BCUT2D eigenvalue weighted by molar-refractivity contribution is 5.94. The standard InChI is InChI=1S/C15H9FN2O/c16-13-10-6-2-4-8-12(10)19-15(13)14-9-5-1-3-7-11(9)17-18-14/h1-8H,(H,17,18). The molecule has 2 aromatic carbocycles. The van der Waals surface area contributed by atoms with Gasteiger partial charge in [-0.3, -0.25) is 5.10 Å². The number of fused-ring (bicyclic) bond motifs is 2. The predicted octanol–water partition coefficient (Wildman–Crippen LogP) is 4.12. The third-order valence-corrected chi connectivity index (χ3v) is 3.22. The van der Waals surface area contributed by atoms with Gasteiger partial charge in [0.1, 0.15) is 11.3 Å². The summed E-state index contributed by atoms with van der Waals surface area (Å²) in [4.78, 5) is 0. The lowest BCUT2D eigenvalue weighted by Gasteiger charge is -1.92. The molecule has 0 bridgehead atoms. The van der Waals surface area contributed by atoms with E-state index < -0.39 is 0 Å². The summed E-state index contributed by atoms with van der Waals surface area (Å²) < 4.78 is 20.0. The van der Waals surface area contributed by atoms with Gasteiger partial charge in [-0.05, 0) is 18.2 Å². The zero-order chi connectivity index (χ0) is 12.8. The number of hydrogen-bond acceptors (Lipinski definition) is 2. The molecule has 2 aromatic heterocycles. The van der Waals surface area contributed by atoms with Crippen molar-refractivity contribution in [3.63, 3.8) is 0 Å². The van der Waals surface area contributed by atoms with Crippen molar-refractivity contribution in [2.24, 2.45) is 0 Å². The van der Waals surface area contributed by atoms with Gasteiger partial charge in [-0.25, -0.2) is 4.39 Å². The quantitative estimate of drug-likeness (QED) is 0.553. The van der Waals surface area contributed by atoms with Crippen LogP contribution in [0.4, 0.5) is 4.39 Å². The van der Waals surface area contributed by atoms with Crippen molar-refractivity contribution in [1.29, 1.82) is 0 Å². The van der Waals surface area contributed by atoms with Crippen LogP contribution in [0.25, 0.3) is 33.3 Å². The smallest absolute Gasteiger partial charge is 0.191 e. The molecule has 0 saturated carbocycles. The molecule has 3 nitrogen and oxygen atoms in total. The molecule has 0 fully saturated rings. The van der Waals surface area contributed by atoms with Crippen LogP contribution in [0.5, 0.6) is 0 Å². The Morgan fingerprint density at radius 3 is 2.53 bits per heavy atom. The summed E-state index contributed by atoms with van der Waals surface area (Å²) in [5.41, 5.74) is 1.89. The highest BCUT2D eigenvalue weighted by atomic mass is 19.1. The first-order chi connectivity index (χ1) is 9.34. The molecule has 92 valence electrons. The Morgan fingerprint density at radius 1 is 0.947 bits per heavy atom. The van der Waals surface area contributed by atoms with Crippen LogP contribution < -0.4 is 0 Å². The Kier molecular flexibility index (Phi) is 2.00. The first-order valence-corrected chi connectivity index (χ1v) is 5.95. The SMILES string of the molecule is Fc1c(-c2n[nH]c3ccccc23)oc2ccccc12. The number of aromatic nitrogens is 2. The molecular weight excluding hydrogens is 243 g/mol. The number of nitrogens with zero attached hydrogens (tertiary/aromatic N) is 1. The lowest BCUT2D eigenvalue weighted by atomic mass is 10.1. The van der Waals surface area contributed by atoms with Gasteiger partial charge in [0.05, 0.1) is 10.9 Å². The molecule has 0 aliphatic carbocycles. The Balaban J connectivity index is 2.07. The van der Waals surface area contributed by atoms with Crippen LogP contribution in [0.1, 0.15) is 0 Å². The van der Waals surface area contributed by atoms with Gasteiger partial charge >= 0.3 is 0 Å². The molecule has 0 spiro atoms. The van der Waals surface area contributed by atoms with Crippen LogP contribution in [-0.2, 0) is 0 Å². The summed E-state index contributed by atoms with van der Waals surface area (Å²) in [6, 6.07) is 14.6. The number of para-hydroxylation sites is 2. The summed E-state index contributed by atoms with van der Waals surface area (Å²) in [7, 11) is 0. The minimum Gasteiger partial charge on any atom is -0.451 e. The normalized spacial score (nSPS) is 11.4. The lowest BCUT2D eigenvalue weighted by Crippen LogP contribution is -1.79. The highest BCUT2D eigenvalue weighted by Gasteiger charge is 2.19. The first-order valence-electron chi connectivity index (χ1n) is 5.95. The van der Waals surface area contributed by atoms with E-state index in [4.69, 9.17) is 4.42 Å². The van der Waals surface area contributed by atoms with Crippen molar-refractivity contribution in [1.82, 2.24) is 10.2 Å². The summed E-state index contributed by atoms with van der Waals surface area (Å²) in [6.45, 7) is 0. The maximum Gasteiger partial charge on any atom is 0.191 e. The van der Waals surface area contributed by atoms with E-state index in [2.05, 4.69) is 10.2 Å². The van der Waals surface area contributed by atoms with Gasteiger partial charge in [0.15, 0.2) is 11.6 Å². The average molecular weight is 252 g/mol. The van der Waals surface area contributed by atoms with Gasteiger partial charge in [-0.1, -0.05) is 30.3 Å². The molecule has 2 heterocycles. The molecule has 0 amide bonds. The lowest BCUT2D eigenvalue weighted by molar-refractivity contribution is 0.572. The van der Waals surface area contributed by atoms with Crippen molar-refractivity contribution in [3.8, 4) is 11.5 Å². The van der Waals surface area contributed by atoms with E-state index in [-0.39, 0.29) is 11.6 Å². The Bertz CT molecular complexity index is 891. The van der Waals surface area contributed by atoms with Crippen molar-refractivity contribution in [2.75, 3.05) is 0 Å². The van der Waals surface area contributed by atoms with E-state index in [1.807, 2.05) is 30.3 Å². The predicted molar refractivity (Wildman–Crippen MR) is 71.3 cm³/mol. The minimum absolute atomic E-state index is 0.179. The fourth-order valence-corrected chi connectivity index (χ4v) is 2.30. The molecule has 0 atom stereocenters. The second-order valence-corrected chi connectivity index (χ2v) is 4.36. The number of benzene rings is 2. The average Bonchev–Trinajstić information content (AvgIpc) is 3.01. The molecular formula is C15H9FN2O. The molecule has 4 heteroatoms. The zero-order valence-electron chi connectivity index (χ0n) is 9.85. The Morgan fingerprint density at radius 2 is 1.68 bits per heavy atom. The van der Waals surface area contributed by atoms with Gasteiger partial charge in [0.2, 0.25) is 0 Å². The summed E-state index contributed by atoms with van der Waals surface area (Å²) in [5, 5.41) is 8.37. The molecule has 0 aliphatic rings. The van der Waals surface area contributed by atoms with E-state index in [0.717, 1.165) is 10.9 Å². The topological polar surface area (TPSA) is 41.8 Å². The number of H-pyrrole nitrogens is 1. The highest BCUT2D eigenvalue weighted by Crippen LogP contribution is 2.34. The monoisotopic (exact) mass is 252 g/mol. The molecule has 4 aromatic rings. The fraction of sp³-hybridized carbons (Fsp3) is 0. The van der Waals surface area contributed by atoms with Crippen LogP contribution >= 0.6 is 0 Å². The molecule has 0 radical (unpaired) electrons. The van der Waals surface area contributed by atoms with E-state index in [1.54, 1.807) is 18.2 Å². The van der Waals surface area contributed by atoms with Crippen molar-refractivity contribution >= 4 is 21.9 Å². The number of rotatable bonds is 1. The van der Waals surface area contributed by atoms with E-state index in [0.29, 0.717) is 16.7 Å². The number of furan rings is 1. The number of aromatic amines is 1. The Hall–Kier alpha value is -2.62. The molecule has 0 saturated heterocycles. The molecule has 19 heavy (non-hydrogen) atoms. The van der Waals surface area contributed by atoms with Crippen LogP contribution in [0.15, 0.2) is 52.9 Å². The fourth-order valence-electron chi connectivity index (χ4n) is 2.30. The molecule has 1 N–H and O–H groups in total. The molecule has 0 unspecified atom stereocenters. The number of hydrogen-bond donors (Lipinski definition) is 1. The molecule has 0 aliphatic heterocycles. The summed E-state index contributed by atoms with van der Waals surface area (Å²) in [5.74, 6) is -0.188. The van der Waals surface area contributed by atoms with Crippen molar-refractivity contribution < 1.29 is 8.81 Å². The Labute approximate surface area is 107 Å². The maximum absolute atomic E-state index is 14.4. The molecule has 4 rings (SSSR count). The van der Waals surface area contributed by atoms with Crippen LogP contribution in [0.3, 0.4) is 0 Å².